The Kier molecular flexibility index (Phi) is 2.79. The van der Waals surface area contributed by atoms with E-state index in [1.54, 1.807) is 23.3 Å². The van der Waals surface area contributed by atoms with Gasteiger partial charge in [0.05, 0.1) is 12.9 Å². The molecule has 5 heteroatoms. The summed E-state index contributed by atoms with van der Waals surface area (Å²) in [5, 5.41) is 10.4. The van der Waals surface area contributed by atoms with Gasteiger partial charge in [-0.25, -0.2) is 4.98 Å². The van der Waals surface area contributed by atoms with Crippen molar-refractivity contribution < 1.29 is 4.92 Å². The first-order valence-electron chi connectivity index (χ1n) is 3.83. The van der Waals surface area contributed by atoms with Crippen LogP contribution in [0.2, 0.25) is 0 Å². The van der Waals surface area contributed by atoms with Crippen molar-refractivity contribution in [1.29, 1.82) is 0 Å². The standard InChI is InChI=1S/C7H11N3O2/c1-2-7(10(11)12)5-9-4-3-8-6-9/h3-4,6-7H,2,5H2,1H3/t7-/m1/s1. The Morgan fingerprint density at radius 1 is 1.75 bits per heavy atom. The third-order valence-electron chi connectivity index (χ3n) is 1.75. The van der Waals surface area contributed by atoms with E-state index in [1.165, 1.54) is 0 Å². The molecule has 0 aliphatic heterocycles. The summed E-state index contributed by atoms with van der Waals surface area (Å²) in [5.41, 5.74) is 0. The third-order valence-corrected chi connectivity index (χ3v) is 1.75. The van der Waals surface area contributed by atoms with Crippen LogP contribution in [0.5, 0.6) is 0 Å². The maximum absolute atomic E-state index is 10.4. The zero-order valence-corrected chi connectivity index (χ0v) is 6.88. The normalized spacial score (nSPS) is 12.8. The maximum atomic E-state index is 10.4. The zero-order valence-electron chi connectivity index (χ0n) is 6.88. The van der Waals surface area contributed by atoms with Crippen LogP contribution in [0.1, 0.15) is 13.3 Å². The quantitative estimate of drug-likeness (QED) is 0.497. The molecule has 1 aromatic heterocycles. The molecule has 1 heterocycles. The number of hydrogen-bond donors (Lipinski definition) is 0. The fourth-order valence-electron chi connectivity index (χ4n) is 0.983. The lowest BCUT2D eigenvalue weighted by Crippen LogP contribution is -2.23. The van der Waals surface area contributed by atoms with Gasteiger partial charge in [0.15, 0.2) is 0 Å². The van der Waals surface area contributed by atoms with Crippen molar-refractivity contribution in [3.63, 3.8) is 0 Å². The van der Waals surface area contributed by atoms with E-state index >= 15 is 0 Å². The summed E-state index contributed by atoms with van der Waals surface area (Å²) < 4.78 is 1.72. The van der Waals surface area contributed by atoms with Crippen LogP contribution in [0.3, 0.4) is 0 Å². The van der Waals surface area contributed by atoms with Crippen LogP contribution in [-0.4, -0.2) is 20.5 Å². The van der Waals surface area contributed by atoms with Crippen LogP contribution < -0.4 is 0 Å². The number of rotatable bonds is 4. The first kappa shape index (κ1) is 8.70. The van der Waals surface area contributed by atoms with Gasteiger partial charge in [-0.1, -0.05) is 6.92 Å². The van der Waals surface area contributed by atoms with Crippen molar-refractivity contribution in [3.8, 4) is 0 Å². The van der Waals surface area contributed by atoms with Gasteiger partial charge in [0.1, 0.15) is 0 Å². The van der Waals surface area contributed by atoms with Crippen LogP contribution in [0.4, 0.5) is 0 Å². The molecule has 12 heavy (non-hydrogen) atoms. The highest BCUT2D eigenvalue weighted by molar-refractivity contribution is 4.75. The molecule has 0 radical (unpaired) electrons. The molecule has 66 valence electrons. The Morgan fingerprint density at radius 2 is 2.50 bits per heavy atom. The number of nitro groups is 1. The molecule has 0 aromatic carbocycles. The lowest BCUT2D eigenvalue weighted by atomic mass is 10.2. The number of aromatic nitrogens is 2. The van der Waals surface area contributed by atoms with Crippen molar-refractivity contribution in [3.05, 3.63) is 28.8 Å². The van der Waals surface area contributed by atoms with Gasteiger partial charge in [0.2, 0.25) is 6.04 Å². The Balaban J connectivity index is 2.54. The van der Waals surface area contributed by atoms with E-state index in [0.717, 1.165) is 0 Å². The summed E-state index contributed by atoms with van der Waals surface area (Å²) in [4.78, 5) is 14.0. The molecule has 5 nitrogen and oxygen atoms in total. The Morgan fingerprint density at radius 3 is 2.92 bits per heavy atom. The van der Waals surface area contributed by atoms with Crippen molar-refractivity contribution in [1.82, 2.24) is 9.55 Å². The van der Waals surface area contributed by atoms with E-state index in [9.17, 15) is 10.1 Å². The van der Waals surface area contributed by atoms with E-state index in [0.29, 0.717) is 13.0 Å². The predicted molar refractivity (Wildman–Crippen MR) is 43.3 cm³/mol. The van der Waals surface area contributed by atoms with E-state index in [1.807, 2.05) is 6.92 Å². The fraction of sp³-hybridized carbons (Fsp3) is 0.571. The molecule has 1 atom stereocenters. The van der Waals surface area contributed by atoms with Crippen LogP contribution in [-0.2, 0) is 6.54 Å². The summed E-state index contributed by atoms with van der Waals surface area (Å²) in [5.74, 6) is 0. The van der Waals surface area contributed by atoms with Gasteiger partial charge in [-0.3, -0.25) is 10.1 Å². The van der Waals surface area contributed by atoms with E-state index in [4.69, 9.17) is 0 Å². The smallest absolute Gasteiger partial charge is 0.230 e. The summed E-state index contributed by atoms with van der Waals surface area (Å²) in [6.07, 6.45) is 5.48. The van der Waals surface area contributed by atoms with E-state index in [-0.39, 0.29) is 4.92 Å². The largest absolute Gasteiger partial charge is 0.331 e. The summed E-state index contributed by atoms with van der Waals surface area (Å²) in [7, 11) is 0. The zero-order chi connectivity index (χ0) is 8.97. The highest BCUT2D eigenvalue weighted by Gasteiger charge is 2.16. The molecule has 0 fully saturated rings. The van der Waals surface area contributed by atoms with Gasteiger partial charge in [-0.15, -0.1) is 0 Å². The Hall–Kier alpha value is -1.39. The Bertz CT molecular complexity index is 245. The SMILES string of the molecule is CC[C@H](Cn1ccnc1)[N+](=O)[O-]. The second-order valence-corrected chi connectivity index (χ2v) is 2.61. The lowest BCUT2D eigenvalue weighted by Gasteiger charge is -2.06. The van der Waals surface area contributed by atoms with Gasteiger partial charge in [-0.05, 0) is 0 Å². The molecule has 0 amide bonds. The van der Waals surface area contributed by atoms with Crippen molar-refractivity contribution in [2.24, 2.45) is 0 Å². The predicted octanol–water partition coefficient (Wildman–Crippen LogP) is 0.938. The second-order valence-electron chi connectivity index (χ2n) is 2.61. The molecule has 1 aromatic rings. The van der Waals surface area contributed by atoms with Crippen LogP contribution in [0.25, 0.3) is 0 Å². The van der Waals surface area contributed by atoms with E-state index in [2.05, 4.69) is 4.98 Å². The van der Waals surface area contributed by atoms with Gasteiger partial charge in [-0.2, -0.15) is 0 Å². The maximum Gasteiger partial charge on any atom is 0.230 e. The molecule has 0 unspecified atom stereocenters. The molecule has 0 aliphatic rings. The summed E-state index contributed by atoms with van der Waals surface area (Å²) in [6, 6.07) is -0.501. The fourth-order valence-corrected chi connectivity index (χ4v) is 0.983. The Labute approximate surface area is 70.2 Å². The first-order valence-corrected chi connectivity index (χ1v) is 3.83. The molecule has 0 aliphatic carbocycles. The van der Waals surface area contributed by atoms with Crippen molar-refractivity contribution in [2.75, 3.05) is 0 Å². The monoisotopic (exact) mass is 169 g/mol. The first-order chi connectivity index (χ1) is 5.74. The van der Waals surface area contributed by atoms with Gasteiger partial charge in [0, 0.05) is 23.7 Å². The minimum absolute atomic E-state index is 0.250. The van der Waals surface area contributed by atoms with Gasteiger partial charge < -0.3 is 4.57 Å². The summed E-state index contributed by atoms with van der Waals surface area (Å²) >= 11 is 0. The minimum Gasteiger partial charge on any atom is -0.331 e. The molecule has 0 saturated heterocycles. The second kappa shape index (κ2) is 3.85. The highest BCUT2D eigenvalue weighted by atomic mass is 16.6. The molecule has 0 bridgehead atoms. The molecular formula is C7H11N3O2. The number of hydrogen-bond acceptors (Lipinski definition) is 3. The molecule has 0 spiro atoms. The third kappa shape index (κ3) is 2.05. The molecular weight excluding hydrogens is 158 g/mol. The lowest BCUT2D eigenvalue weighted by molar-refractivity contribution is -0.524. The van der Waals surface area contributed by atoms with E-state index < -0.39 is 6.04 Å². The summed E-state index contributed by atoms with van der Waals surface area (Å²) in [6.45, 7) is 2.22. The van der Waals surface area contributed by atoms with Gasteiger partial charge in [0.25, 0.3) is 0 Å². The average Bonchev–Trinajstić information content (AvgIpc) is 2.51. The van der Waals surface area contributed by atoms with Crippen molar-refractivity contribution in [2.45, 2.75) is 25.9 Å². The van der Waals surface area contributed by atoms with Gasteiger partial charge >= 0.3 is 0 Å². The minimum atomic E-state index is -0.501. The molecule has 0 saturated carbocycles. The van der Waals surface area contributed by atoms with Crippen LogP contribution in [0.15, 0.2) is 18.7 Å². The molecule has 0 N–H and O–H groups in total. The van der Waals surface area contributed by atoms with Crippen LogP contribution >= 0.6 is 0 Å². The molecule has 1 rings (SSSR count). The topological polar surface area (TPSA) is 61.0 Å². The number of imidazole rings is 1. The van der Waals surface area contributed by atoms with Crippen molar-refractivity contribution >= 4 is 0 Å². The average molecular weight is 169 g/mol. The highest BCUT2D eigenvalue weighted by Crippen LogP contribution is 2.00. The number of nitrogens with zero attached hydrogens (tertiary/aromatic N) is 3. The van der Waals surface area contributed by atoms with Crippen LogP contribution in [0, 0.1) is 10.1 Å².